The van der Waals surface area contributed by atoms with Gasteiger partial charge in [0.05, 0.1) is 4.88 Å². The molecule has 3 atom stereocenters. The number of nitrogens with one attached hydrogen (secondary N) is 1. The number of fused-ring (bicyclic) bond motifs is 2. The predicted molar refractivity (Wildman–Crippen MR) is 81.1 cm³/mol. The number of carbonyl (C=O) groups excluding carboxylic acids is 1. The van der Waals surface area contributed by atoms with Crippen molar-refractivity contribution < 1.29 is 4.79 Å². The summed E-state index contributed by atoms with van der Waals surface area (Å²) in [6.45, 7) is 0. The first-order valence-electron chi connectivity index (χ1n) is 7.93. The van der Waals surface area contributed by atoms with Crippen LogP contribution in [0.15, 0.2) is 17.5 Å². The Kier molecular flexibility index (Phi) is 3.31. The van der Waals surface area contributed by atoms with Gasteiger partial charge in [0.15, 0.2) is 0 Å². The summed E-state index contributed by atoms with van der Waals surface area (Å²) in [6.07, 6.45) is 9.16. The Morgan fingerprint density at radius 3 is 2.50 bits per heavy atom. The zero-order valence-corrected chi connectivity index (χ0v) is 12.6. The summed E-state index contributed by atoms with van der Waals surface area (Å²) in [5.41, 5.74) is 0. The minimum atomic E-state index is 0.128. The third-order valence-corrected chi connectivity index (χ3v) is 5.95. The van der Waals surface area contributed by atoms with Gasteiger partial charge in [0.1, 0.15) is 0 Å². The quantitative estimate of drug-likeness (QED) is 0.928. The van der Waals surface area contributed by atoms with Gasteiger partial charge in [0, 0.05) is 24.2 Å². The molecule has 108 valence electrons. The summed E-state index contributed by atoms with van der Waals surface area (Å²) in [5.74, 6) is 0.128. The van der Waals surface area contributed by atoms with Gasteiger partial charge in [0.2, 0.25) is 0 Å². The van der Waals surface area contributed by atoms with Crippen LogP contribution in [0.4, 0.5) is 0 Å². The number of hydrogen-bond donors (Lipinski definition) is 1. The topological polar surface area (TPSA) is 32.3 Å². The second kappa shape index (κ2) is 5.15. The van der Waals surface area contributed by atoms with Crippen LogP contribution in [-0.2, 0) is 0 Å². The molecule has 1 aromatic rings. The highest BCUT2D eigenvalue weighted by Gasteiger charge is 2.45. The van der Waals surface area contributed by atoms with Crippen LogP contribution in [0.5, 0.6) is 0 Å². The Bertz CT molecular complexity index is 469. The number of thiophene rings is 1. The van der Waals surface area contributed by atoms with Crippen LogP contribution in [-0.4, -0.2) is 35.0 Å². The standard InChI is InChI=1S/C16H22N2OS/c19-16(15-5-2-8-20-15)17-11-9-13-3-1-4-14(10-11)18(13)12-6-7-12/h2,5,8,11-14H,1,3-4,6-7,9-10H2,(H,17,19)/t11?,13-,14+. The summed E-state index contributed by atoms with van der Waals surface area (Å²) in [7, 11) is 0. The number of carbonyl (C=O) groups is 1. The molecule has 1 N–H and O–H groups in total. The van der Waals surface area contributed by atoms with Gasteiger partial charge >= 0.3 is 0 Å². The molecule has 1 aliphatic carbocycles. The van der Waals surface area contributed by atoms with E-state index in [9.17, 15) is 4.79 Å². The largest absolute Gasteiger partial charge is 0.348 e. The maximum atomic E-state index is 12.2. The summed E-state index contributed by atoms with van der Waals surface area (Å²) in [5, 5.41) is 5.25. The van der Waals surface area contributed by atoms with Crippen LogP contribution >= 0.6 is 11.3 Å². The predicted octanol–water partition coefficient (Wildman–Crippen LogP) is 3.03. The number of amides is 1. The van der Waals surface area contributed by atoms with E-state index in [4.69, 9.17) is 0 Å². The molecule has 2 bridgehead atoms. The summed E-state index contributed by atoms with van der Waals surface area (Å²) in [4.78, 5) is 15.9. The highest BCUT2D eigenvalue weighted by atomic mass is 32.1. The number of hydrogen-bond acceptors (Lipinski definition) is 3. The monoisotopic (exact) mass is 290 g/mol. The molecule has 3 heterocycles. The first kappa shape index (κ1) is 12.8. The molecular formula is C16H22N2OS. The number of piperidine rings is 2. The lowest BCUT2D eigenvalue weighted by Crippen LogP contribution is -2.57. The lowest BCUT2D eigenvalue weighted by Gasteiger charge is -2.49. The Labute approximate surface area is 124 Å². The van der Waals surface area contributed by atoms with Crippen LogP contribution < -0.4 is 5.32 Å². The molecule has 0 radical (unpaired) electrons. The summed E-state index contributed by atoms with van der Waals surface area (Å²) >= 11 is 1.53. The van der Waals surface area contributed by atoms with Crippen molar-refractivity contribution in [3.8, 4) is 0 Å². The van der Waals surface area contributed by atoms with Crippen molar-refractivity contribution in [3.63, 3.8) is 0 Å². The van der Waals surface area contributed by atoms with Crippen LogP contribution in [0.2, 0.25) is 0 Å². The van der Waals surface area contributed by atoms with E-state index < -0.39 is 0 Å². The molecule has 2 aliphatic heterocycles. The molecule has 0 spiro atoms. The summed E-state index contributed by atoms with van der Waals surface area (Å²) in [6, 6.07) is 6.57. The molecule has 4 heteroatoms. The van der Waals surface area contributed by atoms with Gasteiger partial charge in [-0.2, -0.15) is 0 Å². The molecule has 3 aliphatic rings. The number of rotatable bonds is 3. The normalized spacial score (nSPS) is 33.9. The fourth-order valence-electron chi connectivity index (χ4n) is 4.17. The molecule has 1 aromatic heterocycles. The van der Waals surface area contributed by atoms with E-state index in [-0.39, 0.29) is 5.91 Å². The van der Waals surface area contributed by atoms with Gasteiger partial charge < -0.3 is 5.32 Å². The van der Waals surface area contributed by atoms with E-state index >= 15 is 0 Å². The summed E-state index contributed by atoms with van der Waals surface area (Å²) < 4.78 is 0. The van der Waals surface area contributed by atoms with Crippen LogP contribution in [0.1, 0.15) is 54.6 Å². The Balaban J connectivity index is 1.42. The zero-order valence-electron chi connectivity index (χ0n) is 11.8. The lowest BCUT2D eigenvalue weighted by atomic mass is 9.81. The van der Waals surface area contributed by atoms with Crippen molar-refractivity contribution in [1.82, 2.24) is 10.2 Å². The van der Waals surface area contributed by atoms with E-state index in [1.807, 2.05) is 17.5 Å². The van der Waals surface area contributed by atoms with Gasteiger partial charge in [-0.1, -0.05) is 12.5 Å². The maximum Gasteiger partial charge on any atom is 0.261 e. The minimum Gasteiger partial charge on any atom is -0.348 e. The van der Waals surface area contributed by atoms with Gasteiger partial charge in [-0.3, -0.25) is 9.69 Å². The SMILES string of the molecule is O=C(NC1C[C@H]2CCC[C@@H](C1)N2C1CC1)c1cccs1. The average molecular weight is 290 g/mol. The molecule has 1 unspecified atom stereocenters. The molecule has 3 fully saturated rings. The fourth-order valence-corrected chi connectivity index (χ4v) is 4.80. The first-order valence-corrected chi connectivity index (χ1v) is 8.81. The zero-order chi connectivity index (χ0) is 13.5. The smallest absolute Gasteiger partial charge is 0.261 e. The van der Waals surface area contributed by atoms with Gasteiger partial charge in [-0.15, -0.1) is 11.3 Å². The maximum absolute atomic E-state index is 12.2. The molecule has 3 nitrogen and oxygen atoms in total. The van der Waals surface area contributed by atoms with Crippen molar-refractivity contribution in [3.05, 3.63) is 22.4 Å². The molecule has 4 rings (SSSR count). The molecule has 0 aromatic carbocycles. The Morgan fingerprint density at radius 2 is 1.90 bits per heavy atom. The van der Waals surface area contributed by atoms with E-state index in [1.54, 1.807) is 0 Å². The van der Waals surface area contributed by atoms with Crippen molar-refractivity contribution in [1.29, 1.82) is 0 Å². The third-order valence-electron chi connectivity index (χ3n) is 5.08. The van der Waals surface area contributed by atoms with E-state index in [0.717, 1.165) is 35.8 Å². The second-order valence-corrected chi connectivity index (χ2v) is 7.48. The highest BCUT2D eigenvalue weighted by Crippen LogP contribution is 2.41. The molecular weight excluding hydrogens is 268 g/mol. The Morgan fingerprint density at radius 1 is 1.15 bits per heavy atom. The first-order chi connectivity index (χ1) is 9.81. The van der Waals surface area contributed by atoms with Crippen LogP contribution in [0, 0.1) is 0 Å². The number of nitrogens with zero attached hydrogens (tertiary/aromatic N) is 1. The minimum absolute atomic E-state index is 0.128. The second-order valence-electron chi connectivity index (χ2n) is 6.54. The molecule has 1 saturated carbocycles. The van der Waals surface area contributed by atoms with Crippen molar-refractivity contribution in [2.24, 2.45) is 0 Å². The fraction of sp³-hybridized carbons (Fsp3) is 0.688. The average Bonchev–Trinajstić information content (AvgIpc) is 3.11. The highest BCUT2D eigenvalue weighted by molar-refractivity contribution is 7.12. The van der Waals surface area contributed by atoms with Crippen molar-refractivity contribution in [2.75, 3.05) is 0 Å². The third kappa shape index (κ3) is 2.40. The van der Waals surface area contributed by atoms with Gasteiger partial charge in [-0.05, 0) is 50.0 Å². The van der Waals surface area contributed by atoms with Gasteiger partial charge in [-0.25, -0.2) is 0 Å². The van der Waals surface area contributed by atoms with E-state index in [1.165, 1.54) is 43.4 Å². The van der Waals surface area contributed by atoms with Crippen LogP contribution in [0.25, 0.3) is 0 Å². The van der Waals surface area contributed by atoms with Crippen molar-refractivity contribution in [2.45, 2.75) is 69.1 Å². The molecule has 1 amide bonds. The van der Waals surface area contributed by atoms with E-state index in [0.29, 0.717) is 6.04 Å². The Hall–Kier alpha value is -0.870. The molecule has 20 heavy (non-hydrogen) atoms. The van der Waals surface area contributed by atoms with Crippen molar-refractivity contribution >= 4 is 17.2 Å². The molecule has 2 saturated heterocycles. The van der Waals surface area contributed by atoms with Crippen LogP contribution in [0.3, 0.4) is 0 Å². The lowest BCUT2D eigenvalue weighted by molar-refractivity contribution is 0.0175. The van der Waals surface area contributed by atoms with Gasteiger partial charge in [0.25, 0.3) is 5.91 Å². The van der Waals surface area contributed by atoms with E-state index in [2.05, 4.69) is 10.2 Å².